The number of rotatable bonds is 2. The number of nitrogens with one attached hydrogen (secondary N) is 1. The van der Waals surface area contributed by atoms with Crippen LogP contribution >= 0.6 is 34.2 Å². The van der Waals surface area contributed by atoms with Gasteiger partial charge in [-0.25, -0.2) is 0 Å². The molecule has 0 aliphatic carbocycles. The van der Waals surface area contributed by atoms with Crippen LogP contribution in [0.25, 0.3) is 0 Å². The van der Waals surface area contributed by atoms with E-state index in [-0.39, 0.29) is 16.5 Å². The Labute approximate surface area is 103 Å². The molecule has 0 saturated heterocycles. The van der Waals surface area contributed by atoms with Gasteiger partial charge in [0.25, 0.3) is 0 Å². The molecular weight excluding hydrogens is 345 g/mol. The molecule has 1 N–H and O–H groups in total. The van der Waals surface area contributed by atoms with E-state index in [0.717, 1.165) is 0 Å². The highest BCUT2D eigenvalue weighted by Gasteiger charge is 2.32. The van der Waals surface area contributed by atoms with Crippen LogP contribution in [0.2, 0.25) is 5.02 Å². The topological polar surface area (TPSA) is 21.3 Å². The Balaban J connectivity index is 3.15. The van der Waals surface area contributed by atoms with E-state index in [1.165, 1.54) is 19.2 Å². The molecule has 15 heavy (non-hydrogen) atoms. The smallest absolute Gasteiger partial charge is 0.403 e. The Morgan fingerprint density at radius 1 is 1.40 bits per heavy atom. The molecule has 0 unspecified atom stereocenters. The van der Waals surface area contributed by atoms with Crippen molar-refractivity contribution >= 4 is 39.9 Å². The Morgan fingerprint density at radius 3 is 2.47 bits per heavy atom. The Bertz CT molecular complexity index is 370. The van der Waals surface area contributed by atoms with Crippen molar-refractivity contribution in [1.29, 1.82) is 0 Å². The first-order valence-electron chi connectivity index (χ1n) is 3.76. The zero-order valence-corrected chi connectivity index (χ0v) is 10.4. The van der Waals surface area contributed by atoms with Gasteiger partial charge in [-0.1, -0.05) is 11.6 Å². The lowest BCUT2D eigenvalue weighted by Gasteiger charge is -2.14. The minimum atomic E-state index is -4.72. The summed E-state index contributed by atoms with van der Waals surface area (Å²) in [7, 11) is 1.47. The largest absolute Gasteiger partial charge is 0.573 e. The Morgan fingerprint density at radius 2 is 2.00 bits per heavy atom. The highest BCUT2D eigenvalue weighted by molar-refractivity contribution is 14.1. The van der Waals surface area contributed by atoms with E-state index >= 15 is 0 Å². The number of benzene rings is 1. The first-order chi connectivity index (χ1) is 6.83. The molecule has 0 aromatic heterocycles. The van der Waals surface area contributed by atoms with Crippen LogP contribution in [0.15, 0.2) is 12.1 Å². The monoisotopic (exact) mass is 351 g/mol. The SMILES string of the molecule is CNc1c(Cl)cc(I)cc1OC(F)(F)F. The summed E-state index contributed by atoms with van der Waals surface area (Å²) in [5.74, 6) is -0.332. The number of anilines is 1. The third-order valence-electron chi connectivity index (χ3n) is 1.49. The number of ether oxygens (including phenoxy) is 1. The van der Waals surface area contributed by atoms with Crippen LogP contribution < -0.4 is 10.1 Å². The molecule has 0 radical (unpaired) electrons. The lowest BCUT2D eigenvalue weighted by atomic mass is 10.3. The highest BCUT2D eigenvalue weighted by atomic mass is 127. The van der Waals surface area contributed by atoms with Crippen molar-refractivity contribution in [2.24, 2.45) is 0 Å². The predicted octanol–water partition coefficient (Wildman–Crippen LogP) is 3.88. The van der Waals surface area contributed by atoms with Crippen LogP contribution in [-0.2, 0) is 0 Å². The van der Waals surface area contributed by atoms with Crippen molar-refractivity contribution in [3.63, 3.8) is 0 Å². The van der Waals surface area contributed by atoms with Crippen molar-refractivity contribution in [2.75, 3.05) is 12.4 Å². The van der Waals surface area contributed by atoms with Gasteiger partial charge in [-0.15, -0.1) is 13.2 Å². The molecule has 0 atom stereocenters. The van der Waals surface area contributed by atoms with Crippen LogP contribution in [0.5, 0.6) is 5.75 Å². The van der Waals surface area contributed by atoms with Gasteiger partial charge in [-0.2, -0.15) is 0 Å². The second kappa shape index (κ2) is 4.65. The third-order valence-corrected chi connectivity index (χ3v) is 2.42. The minimum Gasteiger partial charge on any atom is -0.403 e. The highest BCUT2D eigenvalue weighted by Crippen LogP contribution is 2.37. The Kier molecular flexibility index (Phi) is 3.93. The molecule has 0 heterocycles. The summed E-state index contributed by atoms with van der Waals surface area (Å²) in [6, 6.07) is 2.79. The van der Waals surface area contributed by atoms with E-state index in [9.17, 15) is 13.2 Å². The number of hydrogen-bond acceptors (Lipinski definition) is 2. The van der Waals surface area contributed by atoms with Crippen molar-refractivity contribution in [2.45, 2.75) is 6.36 Å². The van der Waals surface area contributed by atoms with Crippen LogP contribution in [0.4, 0.5) is 18.9 Å². The fraction of sp³-hybridized carbons (Fsp3) is 0.250. The predicted molar refractivity (Wildman–Crippen MR) is 60.4 cm³/mol. The summed E-state index contributed by atoms with van der Waals surface area (Å²) in [6.45, 7) is 0. The molecule has 0 aliphatic heterocycles. The lowest BCUT2D eigenvalue weighted by Crippen LogP contribution is -2.18. The van der Waals surface area contributed by atoms with E-state index in [2.05, 4.69) is 10.1 Å². The normalized spacial score (nSPS) is 11.3. The zero-order chi connectivity index (χ0) is 11.6. The molecule has 1 aromatic carbocycles. The Hall–Kier alpha value is -0.370. The summed E-state index contributed by atoms with van der Waals surface area (Å²) in [4.78, 5) is 0. The molecule has 7 heteroatoms. The summed E-state index contributed by atoms with van der Waals surface area (Å²) in [6.07, 6.45) is -4.72. The number of hydrogen-bond donors (Lipinski definition) is 1. The molecule has 2 nitrogen and oxygen atoms in total. The summed E-state index contributed by atoms with van der Waals surface area (Å²) < 4.78 is 40.5. The van der Waals surface area contributed by atoms with Gasteiger partial charge in [0.15, 0.2) is 5.75 Å². The van der Waals surface area contributed by atoms with Gasteiger partial charge in [0.2, 0.25) is 0 Å². The molecule has 1 rings (SSSR count). The van der Waals surface area contributed by atoms with Gasteiger partial charge in [-0.05, 0) is 34.7 Å². The van der Waals surface area contributed by atoms with Crippen LogP contribution in [0.1, 0.15) is 0 Å². The van der Waals surface area contributed by atoms with E-state index in [1.807, 2.05) is 22.6 Å². The van der Waals surface area contributed by atoms with Crippen molar-refractivity contribution < 1.29 is 17.9 Å². The number of halogens is 5. The maximum Gasteiger partial charge on any atom is 0.573 e. The van der Waals surface area contributed by atoms with Crippen molar-refractivity contribution in [1.82, 2.24) is 0 Å². The molecule has 0 fully saturated rings. The average molecular weight is 351 g/mol. The molecule has 0 spiro atoms. The van der Waals surface area contributed by atoms with Crippen LogP contribution in [-0.4, -0.2) is 13.4 Å². The maximum atomic E-state index is 12.0. The van der Waals surface area contributed by atoms with Crippen LogP contribution in [0.3, 0.4) is 0 Å². The standard InChI is InChI=1S/C8H6ClF3INO/c1-14-7-5(9)2-4(13)3-6(7)15-8(10,11)12/h2-3,14H,1H3. The summed E-state index contributed by atoms with van der Waals surface area (Å²) in [5, 5.41) is 2.74. The van der Waals surface area contributed by atoms with E-state index in [4.69, 9.17) is 11.6 Å². The molecule has 0 saturated carbocycles. The molecule has 0 aliphatic rings. The van der Waals surface area contributed by atoms with Gasteiger partial charge in [-0.3, -0.25) is 0 Å². The third kappa shape index (κ3) is 3.60. The minimum absolute atomic E-state index is 0.120. The molecule has 84 valence electrons. The molecular formula is C8H6ClF3INO. The van der Waals surface area contributed by atoms with E-state index in [0.29, 0.717) is 3.57 Å². The first-order valence-corrected chi connectivity index (χ1v) is 5.21. The fourth-order valence-electron chi connectivity index (χ4n) is 0.998. The second-order valence-electron chi connectivity index (χ2n) is 2.56. The van der Waals surface area contributed by atoms with Gasteiger partial charge < -0.3 is 10.1 Å². The van der Waals surface area contributed by atoms with Gasteiger partial charge in [0.1, 0.15) is 0 Å². The average Bonchev–Trinajstić information content (AvgIpc) is 1.99. The van der Waals surface area contributed by atoms with Gasteiger partial charge >= 0.3 is 6.36 Å². The molecule has 0 amide bonds. The quantitative estimate of drug-likeness (QED) is 0.817. The van der Waals surface area contributed by atoms with Crippen molar-refractivity contribution in [3.8, 4) is 5.75 Å². The molecule has 0 bridgehead atoms. The molecule has 1 aromatic rings. The van der Waals surface area contributed by atoms with Crippen LogP contribution in [0, 0.1) is 3.57 Å². The number of alkyl halides is 3. The fourth-order valence-corrected chi connectivity index (χ4v) is 2.08. The first kappa shape index (κ1) is 12.7. The summed E-state index contributed by atoms with van der Waals surface area (Å²) >= 11 is 7.61. The van der Waals surface area contributed by atoms with Gasteiger partial charge in [0.05, 0.1) is 10.7 Å². The van der Waals surface area contributed by atoms with Gasteiger partial charge in [0, 0.05) is 10.6 Å². The lowest BCUT2D eigenvalue weighted by molar-refractivity contribution is -0.274. The zero-order valence-electron chi connectivity index (χ0n) is 7.45. The second-order valence-corrected chi connectivity index (χ2v) is 4.21. The van der Waals surface area contributed by atoms with E-state index < -0.39 is 6.36 Å². The maximum absolute atomic E-state index is 12.0. The summed E-state index contributed by atoms with van der Waals surface area (Å²) in [5.41, 5.74) is 0.120. The van der Waals surface area contributed by atoms with E-state index in [1.54, 1.807) is 0 Å². The van der Waals surface area contributed by atoms with Crippen molar-refractivity contribution in [3.05, 3.63) is 20.7 Å².